The monoisotopic (exact) mass is 268 g/mol. The lowest BCUT2D eigenvalue weighted by Gasteiger charge is -2.11. The molecule has 0 amide bonds. The number of rotatable bonds is 4. The Morgan fingerprint density at radius 1 is 1.35 bits per heavy atom. The summed E-state index contributed by atoms with van der Waals surface area (Å²) >= 11 is 0. The Labute approximate surface area is 119 Å². The van der Waals surface area contributed by atoms with Gasteiger partial charge in [-0.05, 0) is 42.0 Å². The van der Waals surface area contributed by atoms with Crippen LogP contribution in [0.3, 0.4) is 0 Å². The van der Waals surface area contributed by atoms with Crippen molar-refractivity contribution in [3.05, 3.63) is 47.8 Å². The molecule has 0 saturated carbocycles. The van der Waals surface area contributed by atoms with Crippen LogP contribution in [0.5, 0.6) is 5.75 Å². The van der Waals surface area contributed by atoms with Gasteiger partial charge in [0.25, 0.3) is 0 Å². The minimum absolute atomic E-state index is 0.178. The molecule has 3 nitrogen and oxygen atoms in total. The van der Waals surface area contributed by atoms with E-state index < -0.39 is 0 Å². The molecule has 0 aliphatic heterocycles. The minimum Gasteiger partial charge on any atom is -0.492 e. The fourth-order valence-electron chi connectivity index (χ4n) is 2.82. The zero-order valence-electron chi connectivity index (χ0n) is 11.8. The van der Waals surface area contributed by atoms with Gasteiger partial charge in [-0.25, -0.2) is 0 Å². The molecular formula is C17H20N2O. The maximum atomic E-state index is 6.15. The van der Waals surface area contributed by atoms with E-state index in [4.69, 9.17) is 10.5 Å². The van der Waals surface area contributed by atoms with Crippen LogP contribution in [-0.4, -0.2) is 11.6 Å². The van der Waals surface area contributed by atoms with Crippen LogP contribution < -0.4 is 10.5 Å². The third-order valence-electron chi connectivity index (χ3n) is 3.81. The van der Waals surface area contributed by atoms with Crippen molar-refractivity contribution in [3.63, 3.8) is 0 Å². The second-order valence-corrected chi connectivity index (χ2v) is 5.28. The summed E-state index contributed by atoms with van der Waals surface area (Å²) in [4.78, 5) is 4.30. The molecule has 0 spiro atoms. The molecule has 1 aliphatic carbocycles. The zero-order valence-corrected chi connectivity index (χ0v) is 11.8. The fourth-order valence-corrected chi connectivity index (χ4v) is 2.82. The number of aromatic nitrogens is 1. The summed E-state index contributed by atoms with van der Waals surface area (Å²) in [6.45, 7) is 2.83. The predicted molar refractivity (Wildman–Crippen MR) is 80.7 cm³/mol. The third-order valence-corrected chi connectivity index (χ3v) is 3.81. The highest BCUT2D eigenvalue weighted by atomic mass is 16.5. The molecule has 3 heteroatoms. The second-order valence-electron chi connectivity index (χ2n) is 5.28. The Morgan fingerprint density at radius 3 is 3.10 bits per heavy atom. The van der Waals surface area contributed by atoms with Gasteiger partial charge in [-0.3, -0.25) is 4.98 Å². The van der Waals surface area contributed by atoms with Crippen LogP contribution in [0, 0.1) is 0 Å². The van der Waals surface area contributed by atoms with Crippen molar-refractivity contribution in [3.8, 4) is 16.9 Å². The third kappa shape index (κ3) is 2.41. The Kier molecular flexibility index (Phi) is 3.70. The van der Waals surface area contributed by atoms with Gasteiger partial charge in [-0.1, -0.05) is 25.1 Å². The molecule has 2 aromatic rings. The number of ether oxygens (including phenoxy) is 1. The first kappa shape index (κ1) is 13.1. The van der Waals surface area contributed by atoms with Gasteiger partial charge in [-0.2, -0.15) is 0 Å². The molecule has 20 heavy (non-hydrogen) atoms. The summed E-state index contributed by atoms with van der Waals surface area (Å²) in [7, 11) is 0. The topological polar surface area (TPSA) is 48.1 Å². The molecule has 1 heterocycles. The predicted octanol–water partition coefficient (Wildman–Crippen LogP) is 3.48. The lowest BCUT2D eigenvalue weighted by atomic mass is 9.97. The Morgan fingerprint density at radius 2 is 2.25 bits per heavy atom. The highest BCUT2D eigenvalue weighted by Crippen LogP contribution is 2.36. The van der Waals surface area contributed by atoms with Crippen LogP contribution >= 0.6 is 0 Å². The van der Waals surface area contributed by atoms with Crippen LogP contribution in [0.25, 0.3) is 11.1 Å². The van der Waals surface area contributed by atoms with Crippen LogP contribution in [0.1, 0.15) is 36.9 Å². The molecule has 0 radical (unpaired) electrons. The van der Waals surface area contributed by atoms with E-state index in [0.29, 0.717) is 0 Å². The first-order valence-electron chi connectivity index (χ1n) is 7.25. The molecule has 1 aromatic carbocycles. The van der Waals surface area contributed by atoms with Crippen LogP contribution in [0.4, 0.5) is 0 Å². The van der Waals surface area contributed by atoms with Crippen molar-refractivity contribution >= 4 is 0 Å². The van der Waals surface area contributed by atoms with E-state index in [0.717, 1.165) is 37.2 Å². The Bertz CT molecular complexity index is 610. The SMILES string of the molecule is CCCOc1cncc(-c2cccc3c2CCC3N)c1. The van der Waals surface area contributed by atoms with Crippen LogP contribution in [0.15, 0.2) is 36.7 Å². The normalized spacial score (nSPS) is 17.0. The highest BCUT2D eigenvalue weighted by Gasteiger charge is 2.21. The van der Waals surface area contributed by atoms with Gasteiger partial charge in [0, 0.05) is 17.8 Å². The highest BCUT2D eigenvalue weighted by molar-refractivity contribution is 5.70. The molecule has 0 bridgehead atoms. The van der Waals surface area contributed by atoms with Crippen LogP contribution in [0.2, 0.25) is 0 Å². The molecule has 1 atom stereocenters. The van der Waals surface area contributed by atoms with E-state index in [9.17, 15) is 0 Å². The fraction of sp³-hybridized carbons (Fsp3) is 0.353. The number of nitrogens with two attached hydrogens (primary N) is 1. The van der Waals surface area contributed by atoms with Gasteiger partial charge in [0.05, 0.1) is 12.8 Å². The summed E-state index contributed by atoms with van der Waals surface area (Å²) in [6.07, 6.45) is 6.75. The first-order chi connectivity index (χ1) is 9.79. The van der Waals surface area contributed by atoms with Crippen molar-refractivity contribution in [1.29, 1.82) is 0 Å². The molecule has 104 valence electrons. The molecule has 1 aromatic heterocycles. The summed E-state index contributed by atoms with van der Waals surface area (Å²) in [5, 5.41) is 0. The van der Waals surface area contributed by atoms with Gasteiger partial charge < -0.3 is 10.5 Å². The van der Waals surface area contributed by atoms with Crippen molar-refractivity contribution in [1.82, 2.24) is 4.98 Å². The molecule has 1 unspecified atom stereocenters. The maximum absolute atomic E-state index is 6.15. The lowest BCUT2D eigenvalue weighted by molar-refractivity contribution is 0.316. The van der Waals surface area contributed by atoms with Crippen molar-refractivity contribution in [2.24, 2.45) is 5.73 Å². The molecule has 0 saturated heterocycles. The van der Waals surface area contributed by atoms with Crippen molar-refractivity contribution < 1.29 is 4.74 Å². The maximum Gasteiger partial charge on any atom is 0.138 e. The van der Waals surface area contributed by atoms with E-state index in [1.54, 1.807) is 6.20 Å². The second kappa shape index (κ2) is 5.63. The van der Waals surface area contributed by atoms with Crippen molar-refractivity contribution in [2.75, 3.05) is 6.61 Å². The summed E-state index contributed by atoms with van der Waals surface area (Å²) in [5.74, 6) is 0.837. The van der Waals surface area contributed by atoms with E-state index in [1.807, 2.05) is 6.20 Å². The van der Waals surface area contributed by atoms with Gasteiger partial charge in [0.15, 0.2) is 0 Å². The quantitative estimate of drug-likeness (QED) is 0.923. The van der Waals surface area contributed by atoms with E-state index in [-0.39, 0.29) is 6.04 Å². The van der Waals surface area contributed by atoms with Gasteiger partial charge in [0.2, 0.25) is 0 Å². The van der Waals surface area contributed by atoms with E-state index >= 15 is 0 Å². The number of fused-ring (bicyclic) bond motifs is 1. The van der Waals surface area contributed by atoms with Crippen LogP contribution in [-0.2, 0) is 6.42 Å². The molecule has 1 aliphatic rings. The average Bonchev–Trinajstić information content (AvgIpc) is 2.87. The molecule has 2 N–H and O–H groups in total. The summed E-state index contributed by atoms with van der Waals surface area (Å²) < 4.78 is 5.67. The lowest BCUT2D eigenvalue weighted by Crippen LogP contribution is -2.04. The number of hydrogen-bond donors (Lipinski definition) is 1. The minimum atomic E-state index is 0.178. The van der Waals surface area contributed by atoms with Gasteiger partial charge >= 0.3 is 0 Å². The molecule has 0 fully saturated rings. The summed E-state index contributed by atoms with van der Waals surface area (Å²) in [5.41, 5.74) is 11.2. The number of benzene rings is 1. The van der Waals surface area contributed by atoms with E-state index in [2.05, 4.69) is 36.2 Å². The van der Waals surface area contributed by atoms with Gasteiger partial charge in [-0.15, -0.1) is 0 Å². The number of pyridine rings is 1. The smallest absolute Gasteiger partial charge is 0.138 e. The van der Waals surface area contributed by atoms with Crippen molar-refractivity contribution in [2.45, 2.75) is 32.2 Å². The largest absolute Gasteiger partial charge is 0.492 e. The van der Waals surface area contributed by atoms with Gasteiger partial charge in [0.1, 0.15) is 5.75 Å². The average molecular weight is 268 g/mol. The molecule has 3 rings (SSSR count). The molecular weight excluding hydrogens is 248 g/mol. The Hall–Kier alpha value is -1.87. The number of nitrogens with zero attached hydrogens (tertiary/aromatic N) is 1. The standard InChI is InChI=1S/C17H20N2O/c1-2-8-20-13-9-12(10-19-11-13)14-4-3-5-16-15(14)6-7-17(16)18/h3-5,9-11,17H,2,6-8,18H2,1H3. The Balaban J connectivity index is 1.98. The summed E-state index contributed by atoms with van der Waals surface area (Å²) in [6, 6.07) is 8.62. The zero-order chi connectivity index (χ0) is 13.9. The number of hydrogen-bond acceptors (Lipinski definition) is 3. The van der Waals surface area contributed by atoms with E-state index in [1.165, 1.54) is 16.7 Å². The first-order valence-corrected chi connectivity index (χ1v) is 7.25.